The van der Waals surface area contributed by atoms with E-state index in [4.69, 9.17) is 4.74 Å². The number of nitro groups is 1. The van der Waals surface area contributed by atoms with E-state index >= 15 is 0 Å². The van der Waals surface area contributed by atoms with Crippen molar-refractivity contribution in [3.05, 3.63) is 69.8 Å². The molecule has 0 unspecified atom stereocenters. The highest BCUT2D eigenvalue weighted by Gasteiger charge is 2.23. The Morgan fingerprint density at radius 2 is 1.91 bits per heavy atom. The van der Waals surface area contributed by atoms with Crippen molar-refractivity contribution in [2.75, 3.05) is 13.7 Å². The van der Waals surface area contributed by atoms with Gasteiger partial charge in [0.05, 0.1) is 18.1 Å². The zero-order valence-electron chi connectivity index (χ0n) is 17.6. The average Bonchev–Trinajstić information content (AvgIpc) is 3.53. The fraction of sp³-hybridized carbons (Fsp3) is 0.318. The van der Waals surface area contributed by atoms with E-state index in [1.807, 2.05) is 28.8 Å². The maximum atomic E-state index is 12.1. The van der Waals surface area contributed by atoms with E-state index in [1.165, 1.54) is 23.9 Å². The van der Waals surface area contributed by atoms with E-state index in [0.717, 1.165) is 29.1 Å². The molecule has 0 saturated heterocycles. The third-order valence-corrected chi connectivity index (χ3v) is 6.11. The molecule has 1 amide bonds. The van der Waals surface area contributed by atoms with Crippen molar-refractivity contribution in [2.24, 2.45) is 0 Å². The summed E-state index contributed by atoms with van der Waals surface area (Å²) in [7, 11) is 1.63. The van der Waals surface area contributed by atoms with Crippen LogP contribution in [0.15, 0.2) is 53.7 Å². The van der Waals surface area contributed by atoms with Crippen LogP contribution in [0.4, 0.5) is 5.69 Å². The maximum Gasteiger partial charge on any atom is 0.269 e. The molecule has 0 bridgehead atoms. The number of ether oxygens (including phenoxy) is 1. The van der Waals surface area contributed by atoms with E-state index < -0.39 is 4.92 Å². The molecule has 1 aliphatic carbocycles. The van der Waals surface area contributed by atoms with Gasteiger partial charge in [-0.3, -0.25) is 19.5 Å². The first-order valence-electron chi connectivity index (χ1n) is 10.2. The molecule has 1 saturated carbocycles. The SMILES string of the molecule is COCCn1c(SCc2ccc(C(=O)NC3CC3)cc2)nnc1-c1ccc([N+](=O)[O-])cc1. The van der Waals surface area contributed by atoms with Crippen molar-refractivity contribution in [3.8, 4) is 11.4 Å². The number of nitrogens with zero attached hydrogens (tertiary/aromatic N) is 4. The lowest BCUT2D eigenvalue weighted by Crippen LogP contribution is -2.25. The lowest BCUT2D eigenvalue weighted by molar-refractivity contribution is -0.384. The average molecular weight is 454 g/mol. The maximum absolute atomic E-state index is 12.1. The molecule has 2 aromatic carbocycles. The van der Waals surface area contributed by atoms with Gasteiger partial charge in [-0.25, -0.2) is 0 Å². The number of carbonyl (C=O) groups excluding carboxylic acids is 1. The van der Waals surface area contributed by atoms with E-state index in [2.05, 4.69) is 15.5 Å². The van der Waals surface area contributed by atoms with Crippen molar-refractivity contribution < 1.29 is 14.5 Å². The normalized spacial score (nSPS) is 13.2. The van der Waals surface area contributed by atoms with Gasteiger partial charge in [0.15, 0.2) is 11.0 Å². The molecule has 1 N–H and O–H groups in total. The molecule has 0 spiro atoms. The van der Waals surface area contributed by atoms with Crippen molar-refractivity contribution in [1.82, 2.24) is 20.1 Å². The summed E-state index contributed by atoms with van der Waals surface area (Å²) in [5.41, 5.74) is 2.50. The number of benzene rings is 2. The van der Waals surface area contributed by atoms with Gasteiger partial charge in [0.25, 0.3) is 11.6 Å². The monoisotopic (exact) mass is 453 g/mol. The summed E-state index contributed by atoms with van der Waals surface area (Å²) >= 11 is 1.53. The van der Waals surface area contributed by atoms with E-state index in [-0.39, 0.29) is 11.6 Å². The third-order valence-electron chi connectivity index (χ3n) is 5.07. The number of thioether (sulfide) groups is 1. The van der Waals surface area contributed by atoms with Gasteiger partial charge in [-0.2, -0.15) is 0 Å². The highest BCUT2D eigenvalue weighted by molar-refractivity contribution is 7.98. The van der Waals surface area contributed by atoms with Crippen LogP contribution in [0.25, 0.3) is 11.4 Å². The molecule has 1 aliphatic rings. The molecular weight excluding hydrogens is 430 g/mol. The highest BCUT2D eigenvalue weighted by Crippen LogP contribution is 2.28. The van der Waals surface area contributed by atoms with E-state index in [1.54, 1.807) is 19.2 Å². The molecule has 0 atom stereocenters. The summed E-state index contributed by atoms with van der Waals surface area (Å²) < 4.78 is 7.18. The minimum atomic E-state index is -0.429. The summed E-state index contributed by atoms with van der Waals surface area (Å²) in [5.74, 6) is 1.26. The van der Waals surface area contributed by atoms with Crippen LogP contribution in [0.2, 0.25) is 0 Å². The first-order chi connectivity index (χ1) is 15.5. The Kier molecular flexibility index (Phi) is 6.81. The van der Waals surface area contributed by atoms with Crippen LogP contribution in [0, 0.1) is 10.1 Å². The Morgan fingerprint density at radius 3 is 2.53 bits per heavy atom. The molecule has 0 aliphatic heterocycles. The molecule has 10 heteroatoms. The minimum absolute atomic E-state index is 0.0283. The van der Waals surface area contributed by atoms with E-state index in [0.29, 0.717) is 36.3 Å². The molecule has 32 heavy (non-hydrogen) atoms. The van der Waals surface area contributed by atoms with Gasteiger partial charge in [-0.05, 0) is 42.7 Å². The first-order valence-corrected chi connectivity index (χ1v) is 11.2. The smallest absolute Gasteiger partial charge is 0.269 e. The number of carbonyl (C=O) groups is 1. The molecule has 0 radical (unpaired) electrons. The highest BCUT2D eigenvalue weighted by atomic mass is 32.2. The molecule has 1 aromatic heterocycles. The predicted octanol–water partition coefficient (Wildman–Crippen LogP) is 3.68. The van der Waals surface area contributed by atoms with Crippen molar-refractivity contribution in [1.29, 1.82) is 0 Å². The fourth-order valence-corrected chi connectivity index (χ4v) is 4.04. The molecular formula is C22H23N5O4S. The molecule has 3 aromatic rings. The van der Waals surface area contributed by atoms with Crippen molar-refractivity contribution >= 4 is 23.4 Å². The summed E-state index contributed by atoms with van der Waals surface area (Å²) in [4.78, 5) is 22.6. The standard InChI is InChI=1S/C22H23N5O4S/c1-31-13-12-26-20(16-6-10-19(11-7-16)27(29)30)24-25-22(26)32-14-15-2-4-17(5-3-15)21(28)23-18-8-9-18/h2-7,10-11,18H,8-9,12-14H2,1H3,(H,23,28). The van der Waals surface area contributed by atoms with Crippen LogP contribution in [-0.4, -0.2) is 45.4 Å². The fourth-order valence-electron chi connectivity index (χ4n) is 3.12. The quantitative estimate of drug-likeness (QED) is 0.283. The second-order valence-electron chi connectivity index (χ2n) is 7.49. The largest absolute Gasteiger partial charge is 0.383 e. The Morgan fingerprint density at radius 1 is 1.19 bits per heavy atom. The number of nitro benzene ring substituents is 1. The van der Waals surface area contributed by atoms with Gasteiger partial charge >= 0.3 is 0 Å². The summed E-state index contributed by atoms with van der Waals surface area (Å²) in [6, 6.07) is 14.2. The Hall–Kier alpha value is -3.24. The van der Waals surface area contributed by atoms with Crippen LogP contribution < -0.4 is 5.32 Å². The molecule has 166 valence electrons. The van der Waals surface area contributed by atoms with Crippen LogP contribution in [0.5, 0.6) is 0 Å². The second-order valence-corrected chi connectivity index (χ2v) is 8.43. The zero-order valence-corrected chi connectivity index (χ0v) is 18.4. The number of rotatable bonds is 10. The van der Waals surface area contributed by atoms with Gasteiger partial charge in [-0.1, -0.05) is 23.9 Å². The number of amides is 1. The van der Waals surface area contributed by atoms with Crippen LogP contribution in [0.3, 0.4) is 0 Å². The van der Waals surface area contributed by atoms with Crippen LogP contribution >= 0.6 is 11.8 Å². The number of nitrogens with one attached hydrogen (secondary N) is 1. The topological polar surface area (TPSA) is 112 Å². The van der Waals surface area contributed by atoms with Crippen molar-refractivity contribution in [3.63, 3.8) is 0 Å². The Bertz CT molecular complexity index is 1090. The molecule has 9 nitrogen and oxygen atoms in total. The van der Waals surface area contributed by atoms with Gasteiger partial charge in [0.1, 0.15) is 0 Å². The summed E-state index contributed by atoms with van der Waals surface area (Å²) in [6.45, 7) is 1.04. The predicted molar refractivity (Wildman–Crippen MR) is 120 cm³/mol. The Labute approximate surface area is 189 Å². The minimum Gasteiger partial charge on any atom is -0.383 e. The number of hydrogen-bond acceptors (Lipinski definition) is 7. The van der Waals surface area contributed by atoms with E-state index in [9.17, 15) is 14.9 Å². The summed E-state index contributed by atoms with van der Waals surface area (Å²) in [6.07, 6.45) is 2.12. The lowest BCUT2D eigenvalue weighted by atomic mass is 10.1. The van der Waals surface area contributed by atoms with Crippen LogP contribution in [0.1, 0.15) is 28.8 Å². The summed E-state index contributed by atoms with van der Waals surface area (Å²) in [5, 5.41) is 23.3. The Balaban J connectivity index is 1.46. The number of hydrogen-bond donors (Lipinski definition) is 1. The van der Waals surface area contributed by atoms with Crippen LogP contribution in [-0.2, 0) is 17.0 Å². The number of non-ortho nitro benzene ring substituents is 1. The van der Waals surface area contributed by atoms with Gasteiger partial charge in [-0.15, -0.1) is 10.2 Å². The van der Waals surface area contributed by atoms with Gasteiger partial charge in [0.2, 0.25) is 0 Å². The molecule has 1 fully saturated rings. The number of methoxy groups -OCH3 is 1. The molecule has 1 heterocycles. The van der Waals surface area contributed by atoms with Crippen molar-refractivity contribution in [2.45, 2.75) is 36.3 Å². The first kappa shape index (κ1) is 22.0. The van der Waals surface area contributed by atoms with Gasteiger partial charge < -0.3 is 10.1 Å². The lowest BCUT2D eigenvalue weighted by Gasteiger charge is -2.10. The number of aromatic nitrogens is 3. The third kappa shape index (κ3) is 5.32. The second kappa shape index (κ2) is 9.92. The zero-order chi connectivity index (χ0) is 22.5. The molecule has 4 rings (SSSR count). The van der Waals surface area contributed by atoms with Gasteiger partial charge in [0, 0.05) is 42.2 Å².